The van der Waals surface area contributed by atoms with Gasteiger partial charge in [-0.1, -0.05) is 6.07 Å². The molecule has 0 bridgehead atoms. The van der Waals surface area contributed by atoms with Gasteiger partial charge < -0.3 is 19.3 Å². The maximum absolute atomic E-state index is 12.6. The minimum Gasteiger partial charge on any atom is -0.454 e. The van der Waals surface area contributed by atoms with Crippen molar-refractivity contribution in [2.24, 2.45) is 0 Å². The summed E-state index contributed by atoms with van der Waals surface area (Å²) in [7, 11) is 2.09. The van der Waals surface area contributed by atoms with E-state index < -0.39 is 0 Å². The van der Waals surface area contributed by atoms with Crippen LogP contribution >= 0.6 is 0 Å². The van der Waals surface area contributed by atoms with Gasteiger partial charge in [0.2, 0.25) is 6.79 Å². The quantitative estimate of drug-likeness (QED) is 0.762. The first kappa shape index (κ1) is 12.3. The first-order chi connectivity index (χ1) is 9.25. The first-order valence-corrected chi connectivity index (χ1v) is 6.62. The van der Waals surface area contributed by atoms with Crippen LogP contribution < -0.4 is 9.47 Å². The zero-order valence-corrected chi connectivity index (χ0v) is 11.1. The van der Waals surface area contributed by atoms with E-state index in [-0.39, 0.29) is 12.7 Å². The molecule has 0 N–H and O–H groups in total. The van der Waals surface area contributed by atoms with Crippen LogP contribution in [0.15, 0.2) is 18.2 Å². The Balaban J connectivity index is 1.82. The molecule has 1 saturated heterocycles. The highest BCUT2D eigenvalue weighted by Gasteiger charge is 2.26. The Hall–Kier alpha value is -1.75. The van der Waals surface area contributed by atoms with Crippen molar-refractivity contribution in [2.75, 3.05) is 40.0 Å². The summed E-state index contributed by atoms with van der Waals surface area (Å²) in [5.41, 5.74) is 0.611. The van der Waals surface area contributed by atoms with Crippen molar-refractivity contribution in [2.45, 2.75) is 6.42 Å². The summed E-state index contributed by atoms with van der Waals surface area (Å²) in [5, 5.41) is 0. The van der Waals surface area contributed by atoms with Crippen molar-refractivity contribution in [3.05, 3.63) is 23.8 Å². The second kappa shape index (κ2) is 5.09. The molecule has 0 radical (unpaired) electrons. The van der Waals surface area contributed by atoms with Crippen molar-refractivity contribution in [1.29, 1.82) is 0 Å². The second-order valence-electron chi connectivity index (χ2n) is 4.99. The number of hydrogen-bond acceptors (Lipinski definition) is 4. The topological polar surface area (TPSA) is 42.0 Å². The molecule has 0 atom stereocenters. The SMILES string of the molecule is CN1CCCN(C(=O)c2cccc3c2OCO3)CC1. The fraction of sp³-hybridized carbons (Fsp3) is 0.500. The number of carbonyl (C=O) groups excluding carboxylic acids is 1. The number of para-hydroxylation sites is 1. The minimum absolute atomic E-state index is 0.0395. The van der Waals surface area contributed by atoms with Gasteiger partial charge >= 0.3 is 0 Å². The summed E-state index contributed by atoms with van der Waals surface area (Å²) in [6, 6.07) is 5.48. The average molecular weight is 262 g/mol. The van der Waals surface area contributed by atoms with Crippen LogP contribution in [0.2, 0.25) is 0 Å². The lowest BCUT2D eigenvalue weighted by Gasteiger charge is -2.21. The standard InChI is InChI=1S/C14H18N2O3/c1-15-6-3-7-16(9-8-15)14(17)11-4-2-5-12-13(11)19-10-18-12/h2,4-5H,3,6-10H2,1H3. The Labute approximate surface area is 112 Å². The second-order valence-corrected chi connectivity index (χ2v) is 4.99. The van der Waals surface area contributed by atoms with Crippen LogP contribution in [0.3, 0.4) is 0 Å². The summed E-state index contributed by atoms with van der Waals surface area (Å²) in [6.45, 7) is 3.71. The fourth-order valence-corrected chi connectivity index (χ4v) is 2.52. The van der Waals surface area contributed by atoms with Gasteiger partial charge in [0.25, 0.3) is 5.91 Å². The van der Waals surface area contributed by atoms with Crippen molar-refractivity contribution >= 4 is 5.91 Å². The molecule has 0 unspecified atom stereocenters. The highest BCUT2D eigenvalue weighted by atomic mass is 16.7. The molecule has 1 aromatic rings. The highest BCUT2D eigenvalue weighted by Crippen LogP contribution is 2.35. The van der Waals surface area contributed by atoms with Crippen LogP contribution in [0.4, 0.5) is 0 Å². The molecule has 1 fully saturated rings. The highest BCUT2D eigenvalue weighted by molar-refractivity contribution is 5.98. The van der Waals surface area contributed by atoms with Crippen LogP contribution in [0.25, 0.3) is 0 Å². The maximum Gasteiger partial charge on any atom is 0.257 e. The summed E-state index contributed by atoms with van der Waals surface area (Å²) < 4.78 is 10.7. The zero-order chi connectivity index (χ0) is 13.2. The van der Waals surface area contributed by atoms with E-state index >= 15 is 0 Å². The Morgan fingerprint density at radius 1 is 1.16 bits per heavy atom. The van der Waals surface area contributed by atoms with E-state index in [1.807, 2.05) is 23.1 Å². The normalized spacial score (nSPS) is 19.3. The fourth-order valence-electron chi connectivity index (χ4n) is 2.52. The molecule has 5 heteroatoms. The molecular weight excluding hydrogens is 244 g/mol. The first-order valence-electron chi connectivity index (χ1n) is 6.62. The van der Waals surface area contributed by atoms with E-state index in [0.717, 1.165) is 32.6 Å². The third-order valence-electron chi connectivity index (χ3n) is 3.63. The molecule has 0 aromatic heterocycles. The molecule has 2 aliphatic rings. The molecule has 1 aromatic carbocycles. The van der Waals surface area contributed by atoms with Crippen LogP contribution in [-0.2, 0) is 0 Å². The third kappa shape index (κ3) is 2.38. The van der Waals surface area contributed by atoms with Crippen LogP contribution in [0, 0.1) is 0 Å². The molecule has 2 aliphatic heterocycles. The van der Waals surface area contributed by atoms with Crippen LogP contribution in [0.1, 0.15) is 16.8 Å². The molecule has 0 aliphatic carbocycles. The van der Waals surface area contributed by atoms with E-state index in [1.165, 1.54) is 0 Å². The van der Waals surface area contributed by atoms with Gasteiger partial charge in [-0.2, -0.15) is 0 Å². The molecule has 19 heavy (non-hydrogen) atoms. The smallest absolute Gasteiger partial charge is 0.257 e. The number of carbonyl (C=O) groups is 1. The van der Waals surface area contributed by atoms with E-state index in [4.69, 9.17) is 9.47 Å². The lowest BCUT2D eigenvalue weighted by molar-refractivity contribution is 0.0758. The minimum atomic E-state index is 0.0395. The van der Waals surface area contributed by atoms with Gasteiger partial charge in [-0.15, -0.1) is 0 Å². The van der Waals surface area contributed by atoms with Gasteiger partial charge in [0.05, 0.1) is 5.56 Å². The summed E-state index contributed by atoms with van der Waals surface area (Å²) in [4.78, 5) is 16.7. The van der Waals surface area contributed by atoms with Gasteiger partial charge in [-0.05, 0) is 32.1 Å². The molecule has 0 spiro atoms. The summed E-state index contributed by atoms with van der Waals surface area (Å²) in [6.07, 6.45) is 1.01. The van der Waals surface area contributed by atoms with E-state index in [2.05, 4.69) is 11.9 Å². The number of amides is 1. The van der Waals surface area contributed by atoms with E-state index in [9.17, 15) is 4.79 Å². The van der Waals surface area contributed by atoms with Crippen molar-refractivity contribution in [3.8, 4) is 11.5 Å². The van der Waals surface area contributed by atoms with Gasteiger partial charge in [-0.3, -0.25) is 4.79 Å². The Morgan fingerprint density at radius 2 is 2.05 bits per heavy atom. The Morgan fingerprint density at radius 3 is 2.95 bits per heavy atom. The molecule has 2 heterocycles. The molecule has 5 nitrogen and oxygen atoms in total. The van der Waals surface area contributed by atoms with Crippen LogP contribution in [-0.4, -0.2) is 55.7 Å². The lowest BCUT2D eigenvalue weighted by atomic mass is 10.1. The lowest BCUT2D eigenvalue weighted by Crippen LogP contribution is -2.34. The molecular formula is C14H18N2O3. The van der Waals surface area contributed by atoms with Gasteiger partial charge in [-0.25, -0.2) is 0 Å². The van der Waals surface area contributed by atoms with Crippen molar-refractivity contribution in [3.63, 3.8) is 0 Å². The van der Waals surface area contributed by atoms with Gasteiger partial charge in [0, 0.05) is 19.6 Å². The number of ether oxygens (including phenoxy) is 2. The summed E-state index contributed by atoms with van der Waals surface area (Å²) in [5.74, 6) is 1.29. The zero-order valence-electron chi connectivity index (χ0n) is 11.1. The average Bonchev–Trinajstić information content (AvgIpc) is 2.80. The van der Waals surface area contributed by atoms with Crippen molar-refractivity contribution in [1.82, 2.24) is 9.80 Å². The summed E-state index contributed by atoms with van der Waals surface area (Å²) >= 11 is 0. The monoisotopic (exact) mass is 262 g/mol. The van der Waals surface area contributed by atoms with Gasteiger partial charge in [0.15, 0.2) is 11.5 Å². The van der Waals surface area contributed by atoms with E-state index in [0.29, 0.717) is 17.1 Å². The molecule has 1 amide bonds. The predicted octanol–water partition coefficient (Wildman–Crippen LogP) is 1.19. The Bertz CT molecular complexity index is 490. The van der Waals surface area contributed by atoms with E-state index in [1.54, 1.807) is 0 Å². The number of benzene rings is 1. The number of likely N-dealkylation sites (N-methyl/N-ethyl adjacent to an activating group) is 1. The maximum atomic E-state index is 12.6. The molecule has 0 saturated carbocycles. The van der Waals surface area contributed by atoms with Gasteiger partial charge in [0.1, 0.15) is 0 Å². The van der Waals surface area contributed by atoms with Crippen molar-refractivity contribution < 1.29 is 14.3 Å². The third-order valence-corrected chi connectivity index (χ3v) is 3.63. The predicted molar refractivity (Wildman–Crippen MR) is 70.6 cm³/mol. The Kier molecular flexibility index (Phi) is 3.29. The number of hydrogen-bond donors (Lipinski definition) is 0. The largest absolute Gasteiger partial charge is 0.454 e. The number of fused-ring (bicyclic) bond motifs is 1. The molecule has 102 valence electrons. The number of nitrogens with zero attached hydrogens (tertiary/aromatic N) is 2. The molecule has 3 rings (SSSR count). The number of rotatable bonds is 1. The van der Waals surface area contributed by atoms with Crippen LogP contribution in [0.5, 0.6) is 11.5 Å².